The van der Waals surface area contributed by atoms with Crippen LogP contribution in [0.1, 0.15) is 6.42 Å². The fraction of sp³-hybridized carbons (Fsp3) is 0.0909. The monoisotopic (exact) mass is 220 g/mol. The summed E-state index contributed by atoms with van der Waals surface area (Å²) in [5.74, 6) is 0. The van der Waals surface area contributed by atoms with Crippen LogP contribution in [0.25, 0.3) is 0 Å². The van der Waals surface area contributed by atoms with Gasteiger partial charge in [0.1, 0.15) is 0 Å². The third-order valence-electron chi connectivity index (χ3n) is 1.99. The lowest BCUT2D eigenvalue weighted by Crippen LogP contribution is -1.86. The summed E-state index contributed by atoms with van der Waals surface area (Å²) < 4.78 is 1.18. The molecule has 0 heterocycles. The highest BCUT2D eigenvalue weighted by Gasteiger charge is 2.03. The Labute approximate surface area is 80.8 Å². The van der Waals surface area contributed by atoms with Gasteiger partial charge in [-0.3, -0.25) is 0 Å². The van der Waals surface area contributed by atoms with E-state index in [-0.39, 0.29) is 0 Å². The molecular weight excluding hydrogens is 212 g/mol. The first-order chi connectivity index (χ1) is 5.86. The van der Waals surface area contributed by atoms with Crippen LogP contribution in [0.5, 0.6) is 0 Å². The van der Waals surface area contributed by atoms with Crippen LogP contribution in [0.4, 0.5) is 0 Å². The lowest BCUT2D eigenvalue weighted by atomic mass is 10.0. The fourth-order valence-electron chi connectivity index (χ4n) is 1.33. The van der Waals surface area contributed by atoms with Crippen LogP contribution in [0, 0.1) is 0 Å². The Kier molecular flexibility index (Phi) is 2.13. The molecule has 12 heavy (non-hydrogen) atoms. The second-order valence-corrected chi connectivity index (χ2v) is 3.74. The maximum absolute atomic E-state index is 3.44. The van der Waals surface area contributed by atoms with E-state index in [2.05, 4.69) is 58.5 Å². The summed E-state index contributed by atoms with van der Waals surface area (Å²) >= 11 is 3.44. The molecule has 1 heteroatoms. The Bertz CT molecular complexity index is 324. The number of hydrogen-bond acceptors (Lipinski definition) is 0. The third-order valence-corrected chi connectivity index (χ3v) is 2.58. The van der Waals surface area contributed by atoms with Gasteiger partial charge in [0.15, 0.2) is 0 Å². The van der Waals surface area contributed by atoms with Gasteiger partial charge in [0.25, 0.3) is 0 Å². The van der Waals surface area contributed by atoms with Gasteiger partial charge in [0, 0.05) is 4.48 Å². The van der Waals surface area contributed by atoms with Crippen molar-refractivity contribution in [3.8, 4) is 0 Å². The molecule has 0 spiro atoms. The van der Waals surface area contributed by atoms with Gasteiger partial charge >= 0.3 is 0 Å². The normalized spacial score (nSPS) is 20.6. The summed E-state index contributed by atoms with van der Waals surface area (Å²) in [6.45, 7) is 0. The molecule has 0 aromatic carbocycles. The minimum Gasteiger partial charge on any atom is -0.0658 e. The van der Waals surface area contributed by atoms with E-state index in [0.29, 0.717) is 0 Å². The molecule has 0 amide bonds. The summed E-state index contributed by atoms with van der Waals surface area (Å²) in [6, 6.07) is 0. The Balaban J connectivity index is 2.29. The van der Waals surface area contributed by atoms with Crippen LogP contribution in [0.3, 0.4) is 0 Å². The molecule has 0 radical (unpaired) electrons. The number of allylic oxidation sites excluding steroid dienone is 10. The molecule has 0 bridgehead atoms. The number of hydrogen-bond donors (Lipinski definition) is 0. The van der Waals surface area contributed by atoms with E-state index >= 15 is 0 Å². The summed E-state index contributed by atoms with van der Waals surface area (Å²) in [5, 5.41) is 0. The van der Waals surface area contributed by atoms with E-state index in [1.165, 1.54) is 15.6 Å². The third kappa shape index (κ3) is 1.51. The topological polar surface area (TPSA) is 0 Å². The highest BCUT2D eigenvalue weighted by atomic mass is 79.9. The minimum atomic E-state index is 1.03. The second-order valence-electron chi connectivity index (χ2n) is 2.83. The quantitative estimate of drug-likeness (QED) is 0.585. The summed E-state index contributed by atoms with van der Waals surface area (Å²) in [5.41, 5.74) is 2.73. The molecule has 0 aliphatic heterocycles. The predicted octanol–water partition coefficient (Wildman–Crippen LogP) is 3.65. The van der Waals surface area contributed by atoms with E-state index in [0.717, 1.165) is 6.42 Å². The zero-order chi connectivity index (χ0) is 8.39. The van der Waals surface area contributed by atoms with Gasteiger partial charge in [-0.15, -0.1) is 0 Å². The van der Waals surface area contributed by atoms with Crippen LogP contribution in [0.2, 0.25) is 0 Å². The summed E-state index contributed by atoms with van der Waals surface area (Å²) in [7, 11) is 0. The van der Waals surface area contributed by atoms with Gasteiger partial charge in [0.2, 0.25) is 0 Å². The molecule has 0 fully saturated rings. The molecule has 60 valence electrons. The molecule has 2 aliphatic rings. The standard InChI is InChI=1S/C11H9Br/c12-11-7-5-10(6-8-11)9-3-1-2-4-9/h1-5,7-8H,6H2. The zero-order valence-corrected chi connectivity index (χ0v) is 8.21. The lowest BCUT2D eigenvalue weighted by molar-refractivity contribution is 1.24. The first-order valence-electron chi connectivity index (χ1n) is 3.98. The molecule has 0 aromatic rings. The van der Waals surface area contributed by atoms with Gasteiger partial charge in [-0.05, 0) is 23.6 Å². The van der Waals surface area contributed by atoms with Crippen molar-refractivity contribution in [1.29, 1.82) is 0 Å². The maximum Gasteiger partial charge on any atom is 0.0138 e. The predicted molar refractivity (Wildman–Crippen MR) is 56.1 cm³/mol. The van der Waals surface area contributed by atoms with E-state index in [4.69, 9.17) is 0 Å². The van der Waals surface area contributed by atoms with Gasteiger partial charge in [-0.2, -0.15) is 0 Å². The molecule has 0 nitrogen and oxygen atoms in total. The van der Waals surface area contributed by atoms with Gasteiger partial charge < -0.3 is 0 Å². The van der Waals surface area contributed by atoms with Crippen LogP contribution >= 0.6 is 15.9 Å². The van der Waals surface area contributed by atoms with Gasteiger partial charge in [-0.25, -0.2) is 0 Å². The average molecular weight is 221 g/mol. The Hall–Kier alpha value is -0.820. The van der Waals surface area contributed by atoms with Crippen LogP contribution < -0.4 is 0 Å². The highest BCUT2D eigenvalue weighted by molar-refractivity contribution is 9.11. The van der Waals surface area contributed by atoms with Crippen molar-refractivity contribution in [3.63, 3.8) is 0 Å². The number of halogens is 1. The minimum absolute atomic E-state index is 1.03. The summed E-state index contributed by atoms with van der Waals surface area (Å²) in [6.07, 6.45) is 15.9. The average Bonchev–Trinajstić information content (AvgIpc) is 2.58. The molecule has 2 rings (SSSR count). The van der Waals surface area contributed by atoms with Gasteiger partial charge in [-0.1, -0.05) is 52.4 Å². The van der Waals surface area contributed by atoms with Crippen LogP contribution in [-0.4, -0.2) is 0 Å². The lowest BCUT2D eigenvalue weighted by Gasteiger charge is -2.06. The van der Waals surface area contributed by atoms with Crippen LogP contribution in [0.15, 0.2) is 58.2 Å². The molecule has 2 aliphatic carbocycles. The first-order valence-corrected chi connectivity index (χ1v) is 4.77. The number of rotatable bonds is 0. The molecule has 0 saturated heterocycles. The van der Waals surface area contributed by atoms with Crippen molar-refractivity contribution >= 4 is 15.9 Å². The summed E-state index contributed by atoms with van der Waals surface area (Å²) in [4.78, 5) is 0. The molecule has 0 unspecified atom stereocenters. The SMILES string of the molecule is BrC1=CCC(=C2C=CC=C2)C=C1. The first kappa shape index (κ1) is 7.81. The van der Waals surface area contributed by atoms with Crippen molar-refractivity contribution in [3.05, 3.63) is 58.2 Å². The van der Waals surface area contributed by atoms with Crippen molar-refractivity contribution in [1.82, 2.24) is 0 Å². The molecule has 0 N–H and O–H groups in total. The van der Waals surface area contributed by atoms with Gasteiger partial charge in [0.05, 0.1) is 0 Å². The smallest absolute Gasteiger partial charge is 0.0138 e. The van der Waals surface area contributed by atoms with Crippen molar-refractivity contribution in [2.45, 2.75) is 6.42 Å². The van der Waals surface area contributed by atoms with E-state index in [9.17, 15) is 0 Å². The molecule has 0 aromatic heterocycles. The second kappa shape index (κ2) is 3.28. The molecule has 0 saturated carbocycles. The Morgan fingerprint density at radius 2 is 1.75 bits per heavy atom. The highest BCUT2D eigenvalue weighted by Crippen LogP contribution is 2.24. The molecule has 0 atom stereocenters. The Morgan fingerprint density at radius 1 is 1.00 bits per heavy atom. The largest absolute Gasteiger partial charge is 0.0658 e. The zero-order valence-electron chi connectivity index (χ0n) is 6.63. The van der Waals surface area contributed by atoms with Crippen molar-refractivity contribution in [2.75, 3.05) is 0 Å². The maximum atomic E-state index is 3.44. The van der Waals surface area contributed by atoms with Crippen molar-refractivity contribution in [2.24, 2.45) is 0 Å². The van der Waals surface area contributed by atoms with E-state index < -0.39 is 0 Å². The van der Waals surface area contributed by atoms with Crippen LogP contribution in [-0.2, 0) is 0 Å². The Morgan fingerprint density at radius 3 is 2.33 bits per heavy atom. The van der Waals surface area contributed by atoms with Crippen molar-refractivity contribution < 1.29 is 0 Å². The van der Waals surface area contributed by atoms with E-state index in [1.54, 1.807) is 0 Å². The molecular formula is C11H9Br. The fourth-order valence-corrected chi connectivity index (χ4v) is 1.62. The van der Waals surface area contributed by atoms with E-state index in [1.807, 2.05) is 0 Å².